The van der Waals surface area contributed by atoms with Crippen LogP contribution in [0.15, 0.2) is 41.3 Å². The van der Waals surface area contributed by atoms with Crippen molar-refractivity contribution in [3.05, 3.63) is 52.1 Å². The molecule has 31 heavy (non-hydrogen) atoms. The lowest BCUT2D eigenvalue weighted by molar-refractivity contribution is -0.384. The molecule has 0 saturated carbocycles. The molecule has 11 heteroatoms. The highest BCUT2D eigenvalue weighted by molar-refractivity contribution is 7.90. The summed E-state index contributed by atoms with van der Waals surface area (Å²) < 4.78 is 33.7. The standard InChI is InChI=1S/C20H25N3O7S/c1-29-15-5-8-19(30-2)14(12-15)4-9-20(24)22-11-10-21-17-7-6-16(31(3,27)28)13-18(17)23(25)26/h5-8,12-13,21H,4,9-11H2,1-3H3,(H,22,24). The molecule has 0 atom stereocenters. The third-order valence-electron chi connectivity index (χ3n) is 4.47. The number of aryl methyl sites for hydroxylation is 1. The molecule has 0 aliphatic carbocycles. The predicted octanol–water partition coefficient (Wildman–Crippen LogP) is 2.18. The summed E-state index contributed by atoms with van der Waals surface area (Å²) >= 11 is 0. The molecule has 2 N–H and O–H groups in total. The predicted molar refractivity (Wildman–Crippen MR) is 116 cm³/mol. The number of rotatable bonds is 11. The first kappa shape index (κ1) is 23.9. The Morgan fingerprint density at radius 1 is 1.10 bits per heavy atom. The molecule has 2 aromatic rings. The van der Waals surface area contributed by atoms with E-state index < -0.39 is 14.8 Å². The molecule has 0 aromatic heterocycles. The van der Waals surface area contributed by atoms with Gasteiger partial charge >= 0.3 is 0 Å². The fourth-order valence-electron chi connectivity index (χ4n) is 2.86. The Kier molecular flexibility index (Phi) is 8.20. The van der Waals surface area contributed by atoms with Crippen molar-refractivity contribution < 1.29 is 27.6 Å². The first-order valence-corrected chi connectivity index (χ1v) is 11.2. The van der Waals surface area contributed by atoms with Crippen molar-refractivity contribution in [2.45, 2.75) is 17.7 Å². The van der Waals surface area contributed by atoms with E-state index in [0.717, 1.165) is 17.9 Å². The molecule has 2 aromatic carbocycles. The first-order valence-electron chi connectivity index (χ1n) is 9.35. The fraction of sp³-hybridized carbons (Fsp3) is 0.350. The molecular weight excluding hydrogens is 426 g/mol. The Bertz CT molecular complexity index is 1050. The highest BCUT2D eigenvalue weighted by Gasteiger charge is 2.18. The van der Waals surface area contributed by atoms with Crippen LogP contribution in [0, 0.1) is 10.1 Å². The minimum Gasteiger partial charge on any atom is -0.497 e. The van der Waals surface area contributed by atoms with Gasteiger partial charge in [0.15, 0.2) is 9.84 Å². The number of nitrogens with zero attached hydrogens (tertiary/aromatic N) is 1. The van der Waals surface area contributed by atoms with Gasteiger partial charge < -0.3 is 20.1 Å². The van der Waals surface area contributed by atoms with Gasteiger partial charge in [-0.1, -0.05) is 0 Å². The number of hydrogen-bond acceptors (Lipinski definition) is 8. The number of sulfone groups is 1. The highest BCUT2D eigenvalue weighted by Crippen LogP contribution is 2.27. The fourth-order valence-corrected chi connectivity index (χ4v) is 3.50. The Labute approximate surface area is 180 Å². The molecule has 2 rings (SSSR count). The summed E-state index contributed by atoms with van der Waals surface area (Å²) in [7, 11) is -0.443. The van der Waals surface area contributed by atoms with Gasteiger partial charge in [-0.25, -0.2) is 8.42 Å². The SMILES string of the molecule is COc1ccc(OC)c(CCC(=O)NCCNc2ccc(S(C)(=O)=O)cc2[N+](=O)[O-])c1. The topological polar surface area (TPSA) is 137 Å². The normalized spacial score (nSPS) is 10.9. The molecule has 1 amide bonds. The number of methoxy groups -OCH3 is 2. The number of ether oxygens (including phenoxy) is 2. The molecule has 0 aliphatic rings. The van der Waals surface area contributed by atoms with Crippen LogP contribution in [-0.2, 0) is 21.1 Å². The summed E-state index contributed by atoms with van der Waals surface area (Å²) in [5, 5.41) is 16.8. The second kappa shape index (κ2) is 10.6. The molecule has 0 saturated heterocycles. The molecule has 0 aliphatic heterocycles. The van der Waals surface area contributed by atoms with Crippen molar-refractivity contribution >= 4 is 27.1 Å². The largest absolute Gasteiger partial charge is 0.497 e. The van der Waals surface area contributed by atoms with Crippen LogP contribution in [0.4, 0.5) is 11.4 Å². The van der Waals surface area contributed by atoms with Crippen LogP contribution in [0.25, 0.3) is 0 Å². The van der Waals surface area contributed by atoms with E-state index in [1.165, 1.54) is 12.1 Å². The average Bonchev–Trinajstić information content (AvgIpc) is 2.74. The van der Waals surface area contributed by atoms with E-state index >= 15 is 0 Å². The van der Waals surface area contributed by atoms with Crippen molar-refractivity contribution in [3.8, 4) is 11.5 Å². The number of amides is 1. The number of anilines is 1. The lowest BCUT2D eigenvalue weighted by Gasteiger charge is -2.11. The van der Waals surface area contributed by atoms with Gasteiger partial charge in [0, 0.05) is 31.8 Å². The first-order chi connectivity index (χ1) is 14.7. The van der Waals surface area contributed by atoms with Crippen molar-refractivity contribution in [2.24, 2.45) is 0 Å². The number of carbonyl (C=O) groups excluding carboxylic acids is 1. The quantitative estimate of drug-likeness (QED) is 0.301. The highest BCUT2D eigenvalue weighted by atomic mass is 32.2. The summed E-state index contributed by atoms with van der Waals surface area (Å²) in [4.78, 5) is 22.6. The summed E-state index contributed by atoms with van der Waals surface area (Å²) in [5.74, 6) is 1.15. The van der Waals surface area contributed by atoms with E-state index in [2.05, 4.69) is 10.6 Å². The number of nitrogens with one attached hydrogen (secondary N) is 2. The number of carbonyl (C=O) groups is 1. The van der Waals surface area contributed by atoms with Crippen LogP contribution in [0.5, 0.6) is 11.5 Å². The van der Waals surface area contributed by atoms with E-state index in [1.807, 2.05) is 6.07 Å². The van der Waals surface area contributed by atoms with Gasteiger partial charge in [-0.15, -0.1) is 0 Å². The maximum absolute atomic E-state index is 12.1. The number of benzene rings is 2. The third-order valence-corrected chi connectivity index (χ3v) is 5.58. The van der Waals surface area contributed by atoms with Gasteiger partial charge in [-0.3, -0.25) is 14.9 Å². The maximum atomic E-state index is 12.1. The van der Waals surface area contributed by atoms with Crippen LogP contribution in [-0.4, -0.2) is 52.8 Å². The molecule has 0 fully saturated rings. The monoisotopic (exact) mass is 451 g/mol. The molecule has 168 valence electrons. The zero-order chi connectivity index (χ0) is 23.0. The Balaban J connectivity index is 1.88. The van der Waals surface area contributed by atoms with Gasteiger partial charge in [-0.2, -0.15) is 0 Å². The van der Waals surface area contributed by atoms with Crippen LogP contribution in [0.2, 0.25) is 0 Å². The molecule has 0 radical (unpaired) electrons. The molecule has 0 spiro atoms. The molecule has 10 nitrogen and oxygen atoms in total. The second-order valence-electron chi connectivity index (χ2n) is 6.66. The Morgan fingerprint density at radius 2 is 1.84 bits per heavy atom. The lowest BCUT2D eigenvalue weighted by Crippen LogP contribution is -2.29. The van der Waals surface area contributed by atoms with E-state index in [4.69, 9.17) is 9.47 Å². The van der Waals surface area contributed by atoms with Crippen molar-refractivity contribution in [3.63, 3.8) is 0 Å². The van der Waals surface area contributed by atoms with Gasteiger partial charge in [0.25, 0.3) is 5.69 Å². The maximum Gasteiger partial charge on any atom is 0.293 e. The van der Waals surface area contributed by atoms with Crippen LogP contribution >= 0.6 is 0 Å². The zero-order valence-electron chi connectivity index (χ0n) is 17.5. The summed E-state index contributed by atoms with van der Waals surface area (Å²) in [5.41, 5.74) is 0.670. The molecule has 0 bridgehead atoms. The Morgan fingerprint density at radius 3 is 2.45 bits per heavy atom. The summed E-state index contributed by atoms with van der Waals surface area (Å²) in [6.45, 7) is 0.465. The van der Waals surface area contributed by atoms with Gasteiger partial charge in [0.2, 0.25) is 5.91 Å². The zero-order valence-corrected chi connectivity index (χ0v) is 18.3. The van der Waals surface area contributed by atoms with E-state index in [0.29, 0.717) is 17.9 Å². The molecular formula is C20H25N3O7S. The summed E-state index contributed by atoms with van der Waals surface area (Å²) in [6, 6.07) is 9.01. The van der Waals surface area contributed by atoms with E-state index in [-0.39, 0.29) is 41.7 Å². The van der Waals surface area contributed by atoms with Gasteiger partial charge in [0.1, 0.15) is 17.2 Å². The van der Waals surface area contributed by atoms with E-state index in [1.54, 1.807) is 26.4 Å². The van der Waals surface area contributed by atoms with Crippen LogP contribution in [0.3, 0.4) is 0 Å². The summed E-state index contributed by atoms with van der Waals surface area (Å²) in [6.07, 6.45) is 1.67. The van der Waals surface area contributed by atoms with Gasteiger partial charge in [-0.05, 0) is 42.3 Å². The second-order valence-corrected chi connectivity index (χ2v) is 8.68. The minimum absolute atomic E-state index is 0.133. The van der Waals surface area contributed by atoms with Crippen molar-refractivity contribution in [2.75, 3.05) is 38.9 Å². The number of hydrogen-bond donors (Lipinski definition) is 2. The van der Waals surface area contributed by atoms with Gasteiger partial charge in [0.05, 0.1) is 24.0 Å². The third kappa shape index (κ3) is 6.85. The number of nitro benzene ring substituents is 1. The van der Waals surface area contributed by atoms with E-state index in [9.17, 15) is 23.3 Å². The Hall–Kier alpha value is -3.34. The smallest absolute Gasteiger partial charge is 0.293 e. The van der Waals surface area contributed by atoms with Crippen LogP contribution in [0.1, 0.15) is 12.0 Å². The van der Waals surface area contributed by atoms with Crippen molar-refractivity contribution in [1.29, 1.82) is 0 Å². The minimum atomic E-state index is -3.56. The number of nitro groups is 1. The average molecular weight is 452 g/mol. The molecule has 0 heterocycles. The lowest BCUT2D eigenvalue weighted by atomic mass is 10.1. The van der Waals surface area contributed by atoms with Crippen LogP contribution < -0.4 is 20.1 Å². The molecule has 0 unspecified atom stereocenters. The van der Waals surface area contributed by atoms with Crippen molar-refractivity contribution in [1.82, 2.24) is 5.32 Å².